The Kier molecular flexibility index (Phi) is 3.34. The highest BCUT2D eigenvalue weighted by Gasteiger charge is 2.60. The van der Waals surface area contributed by atoms with E-state index in [9.17, 15) is 4.79 Å². The number of rotatable bonds is 0. The van der Waals surface area contributed by atoms with Crippen LogP contribution < -0.4 is 0 Å². The normalized spacial score (nSPS) is 57.9. The highest BCUT2D eigenvalue weighted by atomic mass is 16.1. The number of ketones is 1. The fraction of sp³-hybridized carbons (Fsp3) is 0.952. The minimum absolute atomic E-state index is 0.0535. The fourth-order valence-electron chi connectivity index (χ4n) is 7.59. The molecule has 8 atom stereocenters. The summed E-state index contributed by atoms with van der Waals surface area (Å²) in [5.74, 6) is 5.83. The summed E-state index contributed by atoms with van der Waals surface area (Å²) < 4.78 is 0. The van der Waals surface area contributed by atoms with E-state index in [1.165, 1.54) is 44.9 Å². The number of fused-ring (bicyclic) bond motifs is 5. The molecule has 0 N–H and O–H groups in total. The van der Waals surface area contributed by atoms with Crippen LogP contribution in [0.15, 0.2) is 0 Å². The van der Waals surface area contributed by atoms with Gasteiger partial charge in [0.05, 0.1) is 0 Å². The molecular formula is C21H34O. The molecule has 0 radical (unpaired) electrons. The Hall–Kier alpha value is -0.330. The van der Waals surface area contributed by atoms with E-state index in [0.29, 0.717) is 17.1 Å². The van der Waals surface area contributed by atoms with Crippen molar-refractivity contribution in [2.75, 3.05) is 0 Å². The number of carbonyl (C=O) groups is 1. The van der Waals surface area contributed by atoms with Crippen LogP contribution in [0.4, 0.5) is 0 Å². The monoisotopic (exact) mass is 302 g/mol. The SMILES string of the molecule is C[C@@H]1C[C@@H]2CC[C@@H]3[C@H](CC[C@]4(C)C(=O)CC[C@@H]34)[C@@]2(C)C[C@H]1C. The number of hydrogen-bond donors (Lipinski definition) is 0. The standard InChI is InChI=1S/C21H34O/c1-13-11-15-5-6-16-17-7-8-19(22)20(17,3)10-9-18(16)21(15,4)12-14(13)2/h13-18H,5-12H2,1-4H3/t13-,14-,15+,16+,17+,18+,20+,21+/m1/s1. The third-order valence-corrected chi connectivity index (χ3v) is 9.16. The van der Waals surface area contributed by atoms with Crippen molar-refractivity contribution in [1.29, 1.82) is 0 Å². The second-order valence-corrected chi connectivity index (χ2v) is 9.97. The molecule has 4 aliphatic rings. The topological polar surface area (TPSA) is 17.1 Å². The Labute approximate surface area is 136 Å². The molecule has 124 valence electrons. The Balaban J connectivity index is 1.65. The Morgan fingerprint density at radius 1 is 0.955 bits per heavy atom. The van der Waals surface area contributed by atoms with E-state index in [1.54, 1.807) is 0 Å². The van der Waals surface area contributed by atoms with Crippen LogP contribution in [0.2, 0.25) is 0 Å². The molecule has 0 aromatic heterocycles. The Bertz CT molecular complexity index is 482. The second-order valence-electron chi connectivity index (χ2n) is 9.97. The van der Waals surface area contributed by atoms with Crippen molar-refractivity contribution in [3.63, 3.8) is 0 Å². The first kappa shape index (κ1) is 15.2. The summed E-state index contributed by atoms with van der Waals surface area (Å²) in [5.41, 5.74) is 0.625. The Morgan fingerprint density at radius 3 is 2.50 bits per heavy atom. The first-order valence-corrected chi connectivity index (χ1v) is 9.89. The van der Waals surface area contributed by atoms with Gasteiger partial charge >= 0.3 is 0 Å². The van der Waals surface area contributed by atoms with Gasteiger partial charge in [-0.1, -0.05) is 27.7 Å². The lowest BCUT2D eigenvalue weighted by atomic mass is 9.44. The first-order valence-electron chi connectivity index (χ1n) is 9.89. The van der Waals surface area contributed by atoms with Crippen molar-refractivity contribution in [1.82, 2.24) is 0 Å². The highest BCUT2D eigenvalue weighted by Crippen LogP contribution is 2.66. The van der Waals surface area contributed by atoms with E-state index in [0.717, 1.165) is 36.0 Å². The summed E-state index contributed by atoms with van der Waals surface area (Å²) in [6.45, 7) is 9.91. The van der Waals surface area contributed by atoms with Gasteiger partial charge in [-0.2, -0.15) is 0 Å². The van der Waals surface area contributed by atoms with Crippen LogP contribution in [0.3, 0.4) is 0 Å². The molecule has 0 bridgehead atoms. The molecule has 4 aliphatic carbocycles. The molecule has 22 heavy (non-hydrogen) atoms. The average molecular weight is 303 g/mol. The van der Waals surface area contributed by atoms with Crippen molar-refractivity contribution in [3.8, 4) is 0 Å². The van der Waals surface area contributed by atoms with Crippen LogP contribution in [0.5, 0.6) is 0 Å². The third kappa shape index (κ3) is 1.86. The van der Waals surface area contributed by atoms with Crippen molar-refractivity contribution in [3.05, 3.63) is 0 Å². The molecule has 4 saturated carbocycles. The van der Waals surface area contributed by atoms with Gasteiger partial charge in [0, 0.05) is 11.8 Å². The Morgan fingerprint density at radius 2 is 1.73 bits per heavy atom. The summed E-state index contributed by atoms with van der Waals surface area (Å²) in [6.07, 6.45) is 10.3. The molecule has 0 aromatic rings. The summed E-state index contributed by atoms with van der Waals surface area (Å²) in [7, 11) is 0. The van der Waals surface area contributed by atoms with E-state index >= 15 is 0 Å². The predicted octanol–water partition coefficient (Wildman–Crippen LogP) is 5.48. The van der Waals surface area contributed by atoms with Crippen LogP contribution in [-0.2, 0) is 4.79 Å². The molecule has 4 fully saturated rings. The number of carbonyl (C=O) groups excluding carboxylic acids is 1. The summed E-state index contributed by atoms with van der Waals surface area (Å²) in [5, 5.41) is 0. The zero-order valence-corrected chi connectivity index (χ0v) is 15.0. The van der Waals surface area contributed by atoms with Gasteiger partial charge in [-0.25, -0.2) is 0 Å². The van der Waals surface area contributed by atoms with Gasteiger partial charge in [-0.15, -0.1) is 0 Å². The van der Waals surface area contributed by atoms with E-state index in [4.69, 9.17) is 0 Å². The van der Waals surface area contributed by atoms with Crippen molar-refractivity contribution in [2.24, 2.45) is 46.3 Å². The molecule has 0 heterocycles. The molecule has 1 nitrogen and oxygen atoms in total. The quantitative estimate of drug-likeness (QED) is 0.579. The maximum atomic E-state index is 12.5. The maximum Gasteiger partial charge on any atom is 0.139 e. The molecule has 0 saturated heterocycles. The summed E-state index contributed by atoms with van der Waals surface area (Å²) >= 11 is 0. The summed E-state index contributed by atoms with van der Waals surface area (Å²) in [6, 6.07) is 0. The fourth-order valence-corrected chi connectivity index (χ4v) is 7.59. The highest BCUT2D eigenvalue weighted by molar-refractivity contribution is 5.87. The lowest BCUT2D eigenvalue weighted by molar-refractivity contribution is -0.142. The van der Waals surface area contributed by atoms with Gasteiger partial charge in [0.15, 0.2) is 0 Å². The third-order valence-electron chi connectivity index (χ3n) is 9.16. The molecular weight excluding hydrogens is 268 g/mol. The molecule has 0 amide bonds. The number of hydrogen-bond acceptors (Lipinski definition) is 1. The van der Waals surface area contributed by atoms with Crippen LogP contribution >= 0.6 is 0 Å². The first-order chi connectivity index (χ1) is 10.4. The lowest BCUT2D eigenvalue weighted by Gasteiger charge is -2.61. The molecule has 4 rings (SSSR count). The van der Waals surface area contributed by atoms with Gasteiger partial charge < -0.3 is 0 Å². The second kappa shape index (κ2) is 4.84. The largest absolute Gasteiger partial charge is 0.299 e. The van der Waals surface area contributed by atoms with Crippen molar-refractivity contribution in [2.45, 2.75) is 79.1 Å². The molecule has 0 aliphatic heterocycles. The minimum atomic E-state index is 0.0535. The predicted molar refractivity (Wildman–Crippen MR) is 90.4 cm³/mol. The van der Waals surface area contributed by atoms with Crippen LogP contribution in [-0.4, -0.2) is 5.78 Å². The van der Waals surface area contributed by atoms with Crippen LogP contribution in [0, 0.1) is 46.3 Å². The molecule has 0 aromatic carbocycles. The van der Waals surface area contributed by atoms with E-state index < -0.39 is 0 Å². The lowest BCUT2D eigenvalue weighted by Crippen LogP contribution is -2.54. The van der Waals surface area contributed by atoms with E-state index in [2.05, 4.69) is 27.7 Å². The minimum Gasteiger partial charge on any atom is -0.299 e. The van der Waals surface area contributed by atoms with Crippen LogP contribution in [0.25, 0.3) is 0 Å². The maximum absolute atomic E-state index is 12.5. The molecule has 0 spiro atoms. The zero-order chi connectivity index (χ0) is 15.7. The van der Waals surface area contributed by atoms with Crippen LogP contribution in [0.1, 0.15) is 79.1 Å². The van der Waals surface area contributed by atoms with Gasteiger partial charge in [0.25, 0.3) is 0 Å². The van der Waals surface area contributed by atoms with Gasteiger partial charge in [-0.3, -0.25) is 4.79 Å². The molecule has 1 heteroatoms. The van der Waals surface area contributed by atoms with Gasteiger partial charge in [0.1, 0.15) is 5.78 Å². The average Bonchev–Trinajstić information content (AvgIpc) is 2.77. The van der Waals surface area contributed by atoms with Gasteiger partial charge in [0.2, 0.25) is 0 Å². The van der Waals surface area contributed by atoms with Crippen molar-refractivity contribution >= 4 is 5.78 Å². The smallest absolute Gasteiger partial charge is 0.139 e. The number of Topliss-reactive ketones (excluding diaryl/α,β-unsaturated/α-hetero) is 1. The molecule has 0 unspecified atom stereocenters. The van der Waals surface area contributed by atoms with E-state index in [-0.39, 0.29) is 5.41 Å². The van der Waals surface area contributed by atoms with Gasteiger partial charge in [-0.05, 0) is 85.9 Å². The van der Waals surface area contributed by atoms with E-state index in [1.807, 2.05) is 0 Å². The summed E-state index contributed by atoms with van der Waals surface area (Å²) in [4.78, 5) is 12.5. The van der Waals surface area contributed by atoms with Crippen molar-refractivity contribution < 1.29 is 4.79 Å². The zero-order valence-electron chi connectivity index (χ0n) is 15.0.